The summed E-state index contributed by atoms with van der Waals surface area (Å²) in [4.78, 5) is 10.1. The molecule has 13 heteroatoms. The zero-order chi connectivity index (χ0) is 21.7. The summed E-state index contributed by atoms with van der Waals surface area (Å²) < 4.78 is 85.7. The van der Waals surface area contributed by atoms with E-state index in [0.717, 1.165) is 12.3 Å². The molecule has 0 aromatic carbocycles. The molecule has 3 aromatic rings. The topological polar surface area (TPSA) is 128 Å². The highest BCUT2D eigenvalue weighted by molar-refractivity contribution is 8.24. The lowest BCUT2D eigenvalue weighted by Gasteiger charge is -2.26. The van der Waals surface area contributed by atoms with Gasteiger partial charge in [-0.15, -0.1) is 0 Å². The van der Waals surface area contributed by atoms with Crippen LogP contribution in [0.25, 0.3) is 22.3 Å². The van der Waals surface area contributed by atoms with Crippen molar-refractivity contribution in [2.75, 3.05) is 11.5 Å². The molecule has 0 radical (unpaired) electrons. The number of nitrogens with one attached hydrogen (secondary N) is 2. The van der Waals surface area contributed by atoms with Gasteiger partial charge in [0, 0.05) is 35.1 Å². The second-order valence-electron chi connectivity index (χ2n) is 6.96. The van der Waals surface area contributed by atoms with Gasteiger partial charge in [-0.3, -0.25) is 14.1 Å². The predicted molar refractivity (Wildman–Crippen MR) is 106 cm³/mol. The van der Waals surface area contributed by atoms with E-state index in [1.54, 1.807) is 0 Å². The van der Waals surface area contributed by atoms with E-state index in [0.29, 0.717) is 12.0 Å². The first kappa shape index (κ1) is 21.1. The Morgan fingerprint density at radius 2 is 1.97 bits per heavy atom. The highest BCUT2D eigenvalue weighted by atomic mass is 32.3. The fourth-order valence-corrected chi connectivity index (χ4v) is 6.35. The maximum atomic E-state index is 13.0. The minimum atomic E-state index is -4.56. The number of H-pyrrole nitrogens is 1. The molecule has 1 aliphatic rings. The molecular formula is C17H17F3N4O4S2. The van der Waals surface area contributed by atoms with Crippen molar-refractivity contribution in [2.24, 2.45) is 0 Å². The van der Waals surface area contributed by atoms with Crippen molar-refractivity contribution < 1.29 is 30.7 Å². The van der Waals surface area contributed by atoms with Crippen LogP contribution in [0.3, 0.4) is 0 Å². The molecule has 4 rings (SSSR count). The molecule has 0 saturated carbocycles. The zero-order valence-corrected chi connectivity index (χ0v) is 16.9. The zero-order valence-electron chi connectivity index (χ0n) is 15.2. The Bertz CT molecular complexity index is 1190. The number of hydrogen-bond acceptors (Lipinski definition) is 6. The smallest absolute Gasteiger partial charge is 0.336 e. The molecule has 3 aromatic heterocycles. The quantitative estimate of drug-likeness (QED) is 0.470. The fraction of sp³-hybridized carbons (Fsp3) is 0.294. The third kappa shape index (κ3) is 4.16. The second-order valence-corrected chi connectivity index (χ2v) is 11.0. The lowest BCUT2D eigenvalue weighted by molar-refractivity contribution is -0.140. The van der Waals surface area contributed by atoms with Gasteiger partial charge in [0.15, 0.2) is 0 Å². The normalized spacial score (nSPS) is 20.5. The lowest BCUT2D eigenvalue weighted by Crippen LogP contribution is -2.35. The van der Waals surface area contributed by atoms with Crippen LogP contribution >= 0.6 is 10.6 Å². The van der Waals surface area contributed by atoms with Crippen molar-refractivity contribution in [2.45, 2.75) is 23.5 Å². The van der Waals surface area contributed by atoms with Crippen molar-refractivity contribution in [1.29, 1.82) is 0 Å². The first-order chi connectivity index (χ1) is 13.9. The summed E-state index contributed by atoms with van der Waals surface area (Å²) in [6.07, 6.45) is -1.80. The Morgan fingerprint density at radius 1 is 1.20 bits per heavy atom. The molecule has 1 aliphatic heterocycles. The first-order valence-electron chi connectivity index (χ1n) is 8.72. The second kappa shape index (κ2) is 7.20. The van der Waals surface area contributed by atoms with Gasteiger partial charge in [0.25, 0.3) is 0 Å². The van der Waals surface area contributed by atoms with Gasteiger partial charge in [-0.05, 0) is 30.7 Å². The lowest BCUT2D eigenvalue weighted by atomic mass is 10.1. The number of alkyl halides is 3. The number of sulfonamides is 1. The number of aromatic amines is 1. The van der Waals surface area contributed by atoms with Crippen LogP contribution in [0.5, 0.6) is 0 Å². The van der Waals surface area contributed by atoms with Gasteiger partial charge >= 0.3 is 6.18 Å². The van der Waals surface area contributed by atoms with Crippen molar-refractivity contribution in [3.63, 3.8) is 0 Å². The van der Waals surface area contributed by atoms with Gasteiger partial charge in [-0.1, -0.05) is 0 Å². The summed E-state index contributed by atoms with van der Waals surface area (Å²) >= 11 is 0. The van der Waals surface area contributed by atoms with E-state index in [2.05, 4.69) is 19.7 Å². The Morgan fingerprint density at radius 3 is 2.57 bits per heavy atom. The molecule has 0 amide bonds. The predicted octanol–water partition coefficient (Wildman–Crippen LogP) is 3.44. The van der Waals surface area contributed by atoms with Crippen LogP contribution in [-0.4, -0.2) is 50.0 Å². The fourth-order valence-electron chi connectivity index (χ4n) is 3.30. The average Bonchev–Trinajstić information content (AvgIpc) is 3.24. The molecule has 4 N–H and O–H groups in total. The molecule has 0 spiro atoms. The first-order valence-corrected chi connectivity index (χ1v) is 12.1. The molecule has 1 atom stereocenters. The molecule has 1 saturated heterocycles. The highest BCUT2D eigenvalue weighted by Gasteiger charge is 2.33. The van der Waals surface area contributed by atoms with Crippen molar-refractivity contribution in [1.82, 2.24) is 19.7 Å². The van der Waals surface area contributed by atoms with Crippen molar-refractivity contribution in [3.8, 4) is 11.3 Å². The van der Waals surface area contributed by atoms with E-state index in [1.165, 1.54) is 24.4 Å². The summed E-state index contributed by atoms with van der Waals surface area (Å²) in [5, 5.41) is 0.210. The number of pyridine rings is 2. The van der Waals surface area contributed by atoms with E-state index < -0.39 is 38.5 Å². The largest absolute Gasteiger partial charge is 0.431 e. The van der Waals surface area contributed by atoms with E-state index in [-0.39, 0.29) is 33.1 Å². The van der Waals surface area contributed by atoms with Crippen LogP contribution in [0.4, 0.5) is 13.2 Å². The third-order valence-corrected chi connectivity index (χ3v) is 8.07. The van der Waals surface area contributed by atoms with Gasteiger partial charge in [-0.25, -0.2) is 18.1 Å². The van der Waals surface area contributed by atoms with Crippen molar-refractivity contribution >= 4 is 31.6 Å². The van der Waals surface area contributed by atoms with Gasteiger partial charge in [0.1, 0.15) is 16.2 Å². The van der Waals surface area contributed by atoms with Crippen LogP contribution in [-0.2, 0) is 16.2 Å². The highest BCUT2D eigenvalue weighted by Crippen LogP contribution is 2.45. The van der Waals surface area contributed by atoms with Gasteiger partial charge in [0.2, 0.25) is 10.0 Å². The third-order valence-electron chi connectivity index (χ3n) is 4.74. The number of fused-ring (bicyclic) bond motifs is 1. The van der Waals surface area contributed by atoms with E-state index in [1.807, 2.05) is 0 Å². The van der Waals surface area contributed by atoms with Crippen LogP contribution in [0.15, 0.2) is 41.6 Å². The van der Waals surface area contributed by atoms with E-state index in [9.17, 15) is 30.7 Å². The molecule has 8 nitrogen and oxygen atoms in total. The number of hydrogen-bond donors (Lipinski definition) is 4. The Balaban J connectivity index is 1.62. The van der Waals surface area contributed by atoms with Crippen molar-refractivity contribution in [3.05, 3.63) is 42.4 Å². The minimum absolute atomic E-state index is 0.0399. The maximum Gasteiger partial charge on any atom is 0.431 e. The molecule has 4 heterocycles. The van der Waals surface area contributed by atoms with Crippen LogP contribution < -0.4 is 4.72 Å². The molecule has 0 aliphatic carbocycles. The maximum absolute atomic E-state index is 13.0. The van der Waals surface area contributed by atoms with Crippen LogP contribution in [0.2, 0.25) is 0 Å². The van der Waals surface area contributed by atoms with Gasteiger partial charge in [0.05, 0.1) is 11.4 Å². The standard InChI is InChI=1S/C17H17F3N4O4S2/c18-17(19,20)15-7-13-12(3-5-21-16(13)23-15)14-2-1-11(8-22-14)30(27,28)24-10-4-6-29(25,26)9-10/h1-3,5,7-8,10,24-26H,4,6,9H2,(H,21,23). The summed E-state index contributed by atoms with van der Waals surface area (Å²) in [5.74, 6) is 0.105. The molecule has 1 unspecified atom stereocenters. The summed E-state index contributed by atoms with van der Waals surface area (Å²) in [5.41, 5.74) is -0.249. The van der Waals surface area contributed by atoms with Crippen LogP contribution in [0.1, 0.15) is 12.1 Å². The Hall–Kier alpha value is -2.19. The number of rotatable bonds is 4. The number of halogens is 3. The summed E-state index contributed by atoms with van der Waals surface area (Å²) in [6, 6.07) is 4.53. The number of nitrogens with zero attached hydrogens (tertiary/aromatic N) is 2. The molecule has 30 heavy (non-hydrogen) atoms. The SMILES string of the molecule is O=S(=O)(NC1CCS(O)(O)C1)c1ccc(-c2ccnc3[nH]c(C(F)(F)F)cc23)nc1. The summed E-state index contributed by atoms with van der Waals surface area (Å²) in [7, 11) is -6.69. The van der Waals surface area contributed by atoms with Crippen LogP contribution in [0, 0.1) is 0 Å². The minimum Gasteiger partial charge on any atom is -0.336 e. The summed E-state index contributed by atoms with van der Waals surface area (Å²) in [6.45, 7) is 0. The van der Waals surface area contributed by atoms with Gasteiger partial charge in [-0.2, -0.15) is 23.8 Å². The molecular weight excluding hydrogens is 445 g/mol. The Kier molecular flexibility index (Phi) is 5.05. The Labute approximate surface area is 171 Å². The average molecular weight is 462 g/mol. The monoisotopic (exact) mass is 462 g/mol. The van der Waals surface area contributed by atoms with Gasteiger partial charge < -0.3 is 4.98 Å². The molecule has 162 valence electrons. The van der Waals surface area contributed by atoms with E-state index in [4.69, 9.17) is 0 Å². The molecule has 1 fully saturated rings. The molecule has 0 bridgehead atoms. The number of aromatic nitrogens is 3. The van der Waals surface area contributed by atoms with E-state index >= 15 is 0 Å².